The van der Waals surface area contributed by atoms with Gasteiger partial charge in [-0.05, 0) is 37.1 Å². The standard InChI is InChI=1S/C17H24N2O3/c1-4-10-17(5-2)18-15(16(20)19-17)13-6-8-14(9-7-13)22-12-11-21-3/h6-9H,4-5,10-12H2,1-3H3,(H,19,20). The molecule has 0 spiro atoms. The molecule has 2 rings (SSSR count). The molecule has 22 heavy (non-hydrogen) atoms. The van der Waals surface area contributed by atoms with Crippen LogP contribution in [0.15, 0.2) is 29.3 Å². The Labute approximate surface area is 131 Å². The van der Waals surface area contributed by atoms with Crippen LogP contribution in [0.4, 0.5) is 0 Å². The number of carbonyl (C=O) groups is 1. The minimum atomic E-state index is -0.436. The molecule has 0 saturated carbocycles. The second-order valence-corrected chi connectivity index (χ2v) is 5.42. The summed E-state index contributed by atoms with van der Waals surface area (Å²) >= 11 is 0. The van der Waals surface area contributed by atoms with Gasteiger partial charge < -0.3 is 14.8 Å². The lowest BCUT2D eigenvalue weighted by Gasteiger charge is -2.23. The molecule has 0 saturated heterocycles. The normalized spacial score (nSPS) is 20.7. The van der Waals surface area contributed by atoms with Crippen LogP contribution in [0.5, 0.6) is 5.75 Å². The lowest BCUT2D eigenvalue weighted by atomic mass is 10.0. The van der Waals surface area contributed by atoms with Crippen LogP contribution in [0.25, 0.3) is 0 Å². The molecule has 5 heteroatoms. The SMILES string of the molecule is CCCC1(CC)N=C(c2ccc(OCCOC)cc2)C(=O)N1. The zero-order valence-corrected chi connectivity index (χ0v) is 13.5. The van der Waals surface area contributed by atoms with Crippen LogP contribution in [-0.4, -0.2) is 37.6 Å². The average molecular weight is 304 g/mol. The summed E-state index contributed by atoms with van der Waals surface area (Å²) in [5.41, 5.74) is 0.899. The number of benzene rings is 1. The van der Waals surface area contributed by atoms with E-state index in [9.17, 15) is 4.79 Å². The Bertz CT molecular complexity index is 539. The Hall–Kier alpha value is -1.88. The van der Waals surface area contributed by atoms with Gasteiger partial charge in [0.2, 0.25) is 0 Å². The van der Waals surface area contributed by atoms with Crippen LogP contribution in [0.3, 0.4) is 0 Å². The molecule has 1 amide bonds. The van der Waals surface area contributed by atoms with Crippen molar-refractivity contribution in [3.63, 3.8) is 0 Å². The summed E-state index contributed by atoms with van der Waals surface area (Å²) in [7, 11) is 1.64. The molecule has 0 bridgehead atoms. The first kappa shape index (κ1) is 16.5. The summed E-state index contributed by atoms with van der Waals surface area (Å²) in [5.74, 6) is 0.665. The molecule has 1 aromatic rings. The number of carbonyl (C=O) groups excluding carboxylic acids is 1. The van der Waals surface area contributed by atoms with Crippen molar-refractivity contribution in [3.05, 3.63) is 29.8 Å². The number of amides is 1. The number of ether oxygens (including phenoxy) is 2. The van der Waals surface area contributed by atoms with E-state index in [4.69, 9.17) is 9.47 Å². The predicted molar refractivity (Wildman–Crippen MR) is 86.4 cm³/mol. The van der Waals surface area contributed by atoms with Gasteiger partial charge in [0.1, 0.15) is 23.7 Å². The van der Waals surface area contributed by atoms with Crippen molar-refractivity contribution in [2.75, 3.05) is 20.3 Å². The number of aliphatic imine (C=N–C) groups is 1. The Morgan fingerprint density at radius 2 is 1.91 bits per heavy atom. The summed E-state index contributed by atoms with van der Waals surface area (Å²) in [6, 6.07) is 7.45. The summed E-state index contributed by atoms with van der Waals surface area (Å²) in [6.45, 7) is 5.21. The average Bonchev–Trinajstić information content (AvgIpc) is 2.86. The quantitative estimate of drug-likeness (QED) is 0.751. The first-order valence-electron chi connectivity index (χ1n) is 7.78. The first-order valence-corrected chi connectivity index (χ1v) is 7.78. The number of nitrogens with one attached hydrogen (secondary N) is 1. The van der Waals surface area contributed by atoms with E-state index in [0.29, 0.717) is 18.9 Å². The molecule has 120 valence electrons. The third kappa shape index (κ3) is 3.65. The minimum absolute atomic E-state index is 0.0941. The molecule has 1 atom stereocenters. The molecule has 0 fully saturated rings. The van der Waals surface area contributed by atoms with Gasteiger partial charge in [0, 0.05) is 12.7 Å². The number of rotatable bonds is 8. The highest BCUT2D eigenvalue weighted by Crippen LogP contribution is 2.26. The second kappa shape index (κ2) is 7.40. The predicted octanol–water partition coefficient (Wildman–Crippen LogP) is 2.54. The largest absolute Gasteiger partial charge is 0.491 e. The van der Waals surface area contributed by atoms with E-state index in [1.54, 1.807) is 7.11 Å². The van der Waals surface area contributed by atoms with E-state index < -0.39 is 5.66 Å². The lowest BCUT2D eigenvalue weighted by molar-refractivity contribution is -0.115. The highest BCUT2D eigenvalue weighted by atomic mass is 16.5. The monoisotopic (exact) mass is 304 g/mol. The highest BCUT2D eigenvalue weighted by molar-refractivity contribution is 6.46. The number of nitrogens with zero attached hydrogens (tertiary/aromatic N) is 1. The number of methoxy groups -OCH3 is 1. The van der Waals surface area contributed by atoms with Crippen molar-refractivity contribution in [1.82, 2.24) is 5.32 Å². The van der Waals surface area contributed by atoms with E-state index in [-0.39, 0.29) is 5.91 Å². The molecule has 5 nitrogen and oxygen atoms in total. The van der Waals surface area contributed by atoms with Gasteiger partial charge in [-0.15, -0.1) is 0 Å². The van der Waals surface area contributed by atoms with Gasteiger partial charge in [-0.25, -0.2) is 0 Å². The number of hydrogen-bond acceptors (Lipinski definition) is 4. The molecule has 1 heterocycles. The van der Waals surface area contributed by atoms with Crippen LogP contribution in [-0.2, 0) is 9.53 Å². The van der Waals surface area contributed by atoms with Crippen molar-refractivity contribution in [2.45, 2.75) is 38.8 Å². The van der Waals surface area contributed by atoms with Crippen LogP contribution < -0.4 is 10.1 Å². The van der Waals surface area contributed by atoms with Crippen LogP contribution >= 0.6 is 0 Å². The Kier molecular flexibility index (Phi) is 5.55. The van der Waals surface area contributed by atoms with Crippen LogP contribution in [0.2, 0.25) is 0 Å². The summed E-state index contributed by atoms with van der Waals surface area (Å²) in [6.07, 6.45) is 2.64. The Balaban J connectivity index is 2.13. The zero-order valence-electron chi connectivity index (χ0n) is 13.5. The van der Waals surface area contributed by atoms with Gasteiger partial charge in [0.25, 0.3) is 5.91 Å². The lowest BCUT2D eigenvalue weighted by Crippen LogP contribution is -2.41. The van der Waals surface area contributed by atoms with Crippen molar-refractivity contribution in [1.29, 1.82) is 0 Å². The molecule has 0 aromatic heterocycles. The minimum Gasteiger partial charge on any atom is -0.491 e. The number of hydrogen-bond donors (Lipinski definition) is 1. The molecular weight excluding hydrogens is 280 g/mol. The van der Waals surface area contributed by atoms with Crippen molar-refractivity contribution in [2.24, 2.45) is 4.99 Å². The fraction of sp³-hybridized carbons (Fsp3) is 0.529. The maximum atomic E-state index is 12.2. The summed E-state index contributed by atoms with van der Waals surface area (Å²) < 4.78 is 10.5. The van der Waals surface area contributed by atoms with Gasteiger partial charge >= 0.3 is 0 Å². The van der Waals surface area contributed by atoms with Gasteiger partial charge in [0.15, 0.2) is 0 Å². The topological polar surface area (TPSA) is 59.9 Å². The first-order chi connectivity index (χ1) is 10.6. The third-order valence-electron chi connectivity index (χ3n) is 3.82. The fourth-order valence-electron chi connectivity index (χ4n) is 2.59. The van der Waals surface area contributed by atoms with Crippen molar-refractivity contribution in [3.8, 4) is 5.75 Å². The van der Waals surface area contributed by atoms with Gasteiger partial charge in [-0.3, -0.25) is 9.79 Å². The van der Waals surface area contributed by atoms with E-state index in [1.165, 1.54) is 0 Å². The van der Waals surface area contributed by atoms with Gasteiger partial charge in [-0.1, -0.05) is 20.3 Å². The second-order valence-electron chi connectivity index (χ2n) is 5.42. The molecular formula is C17H24N2O3. The maximum Gasteiger partial charge on any atom is 0.272 e. The van der Waals surface area contributed by atoms with Crippen molar-refractivity contribution < 1.29 is 14.3 Å². The highest BCUT2D eigenvalue weighted by Gasteiger charge is 2.37. The van der Waals surface area contributed by atoms with E-state index in [0.717, 1.165) is 30.6 Å². The molecule has 1 aliphatic rings. The zero-order chi connectivity index (χ0) is 16.0. The smallest absolute Gasteiger partial charge is 0.272 e. The molecule has 1 unspecified atom stereocenters. The summed E-state index contributed by atoms with van der Waals surface area (Å²) in [4.78, 5) is 16.9. The molecule has 1 aromatic carbocycles. The Morgan fingerprint density at radius 1 is 1.18 bits per heavy atom. The van der Waals surface area contributed by atoms with Crippen molar-refractivity contribution >= 4 is 11.6 Å². The van der Waals surface area contributed by atoms with Crippen LogP contribution in [0, 0.1) is 0 Å². The molecule has 1 N–H and O–H groups in total. The fourth-order valence-corrected chi connectivity index (χ4v) is 2.59. The van der Waals surface area contributed by atoms with Gasteiger partial charge in [-0.2, -0.15) is 0 Å². The molecule has 1 aliphatic heterocycles. The van der Waals surface area contributed by atoms with E-state index >= 15 is 0 Å². The van der Waals surface area contributed by atoms with E-state index in [1.807, 2.05) is 24.3 Å². The van der Waals surface area contributed by atoms with Gasteiger partial charge in [0.05, 0.1) is 6.61 Å². The summed E-state index contributed by atoms with van der Waals surface area (Å²) in [5, 5.41) is 3.03. The third-order valence-corrected chi connectivity index (χ3v) is 3.82. The van der Waals surface area contributed by atoms with E-state index in [2.05, 4.69) is 24.2 Å². The maximum absolute atomic E-state index is 12.2. The molecule has 0 radical (unpaired) electrons. The molecule has 0 aliphatic carbocycles. The Morgan fingerprint density at radius 3 is 2.50 bits per heavy atom. The van der Waals surface area contributed by atoms with Crippen LogP contribution in [0.1, 0.15) is 38.7 Å².